The van der Waals surface area contributed by atoms with Crippen molar-refractivity contribution in [1.29, 1.82) is 0 Å². The van der Waals surface area contributed by atoms with Gasteiger partial charge in [0.15, 0.2) is 0 Å². The lowest BCUT2D eigenvalue weighted by molar-refractivity contribution is 0.0712. The van der Waals surface area contributed by atoms with Crippen LogP contribution in [0.25, 0.3) is 0 Å². The average molecular weight is 290 g/mol. The molecule has 0 aromatic heterocycles. The summed E-state index contributed by atoms with van der Waals surface area (Å²) < 4.78 is 0. The Morgan fingerprint density at radius 2 is 1.62 bits per heavy atom. The number of hydrogen-bond acceptors (Lipinski definition) is 1. The molecule has 0 radical (unpaired) electrons. The highest BCUT2D eigenvalue weighted by atomic mass is 15.0. The fourth-order valence-electron chi connectivity index (χ4n) is 6.98. The second-order valence-electron chi connectivity index (χ2n) is 9.83. The van der Waals surface area contributed by atoms with Crippen molar-refractivity contribution in [2.45, 2.75) is 97.1 Å². The summed E-state index contributed by atoms with van der Waals surface area (Å²) in [7, 11) is 0. The molecule has 4 rings (SSSR count). The first kappa shape index (κ1) is 14.5. The third-order valence-corrected chi connectivity index (χ3v) is 8.21. The van der Waals surface area contributed by atoms with Gasteiger partial charge in [0, 0.05) is 12.1 Å². The van der Waals surface area contributed by atoms with E-state index >= 15 is 0 Å². The van der Waals surface area contributed by atoms with Crippen LogP contribution >= 0.6 is 0 Å². The highest BCUT2D eigenvalue weighted by molar-refractivity contribution is 5.12. The highest BCUT2D eigenvalue weighted by Crippen LogP contribution is 2.62. The van der Waals surface area contributed by atoms with E-state index in [0.29, 0.717) is 10.8 Å². The highest BCUT2D eigenvalue weighted by Gasteiger charge is 2.59. The molecule has 0 aliphatic heterocycles. The van der Waals surface area contributed by atoms with Crippen molar-refractivity contribution in [3.63, 3.8) is 0 Å². The van der Waals surface area contributed by atoms with Gasteiger partial charge in [0.1, 0.15) is 0 Å². The molecule has 4 aliphatic carbocycles. The molecule has 4 saturated carbocycles. The van der Waals surface area contributed by atoms with Gasteiger partial charge in [-0.15, -0.1) is 0 Å². The Bertz CT molecular complexity index is 396. The van der Waals surface area contributed by atoms with Crippen LogP contribution in [0.1, 0.15) is 85.0 Å². The summed E-state index contributed by atoms with van der Waals surface area (Å²) in [5.74, 6) is 3.12. The fourth-order valence-corrected chi connectivity index (χ4v) is 6.98. The molecule has 2 bridgehead atoms. The SMILES string of the molecule is CC12CCC(C1)C(C)(C)C2NC1CCC2CCCCC2C1. The van der Waals surface area contributed by atoms with Gasteiger partial charge in [-0.3, -0.25) is 0 Å². The molecule has 1 heteroatoms. The quantitative estimate of drug-likeness (QED) is 0.741. The average Bonchev–Trinajstić information content (AvgIpc) is 2.95. The summed E-state index contributed by atoms with van der Waals surface area (Å²) in [6.07, 6.45) is 15.0. The molecule has 0 spiro atoms. The first-order valence-electron chi connectivity index (χ1n) is 9.75. The van der Waals surface area contributed by atoms with Crippen LogP contribution in [0, 0.1) is 28.6 Å². The van der Waals surface area contributed by atoms with E-state index in [1.165, 1.54) is 64.2 Å². The van der Waals surface area contributed by atoms with E-state index in [1.807, 2.05) is 0 Å². The third kappa shape index (κ3) is 2.30. The molecule has 6 unspecified atom stereocenters. The predicted octanol–water partition coefficient (Wildman–Crippen LogP) is 5.15. The van der Waals surface area contributed by atoms with Crippen LogP contribution in [0.15, 0.2) is 0 Å². The maximum absolute atomic E-state index is 4.21. The minimum Gasteiger partial charge on any atom is -0.310 e. The zero-order valence-electron chi connectivity index (χ0n) is 14.5. The van der Waals surface area contributed by atoms with E-state index in [1.54, 1.807) is 0 Å². The molecular weight excluding hydrogens is 254 g/mol. The molecule has 120 valence electrons. The van der Waals surface area contributed by atoms with Crippen LogP contribution < -0.4 is 5.32 Å². The Hall–Kier alpha value is -0.0400. The van der Waals surface area contributed by atoms with Gasteiger partial charge in [0.05, 0.1) is 0 Å². The van der Waals surface area contributed by atoms with Crippen molar-refractivity contribution in [3.8, 4) is 0 Å². The van der Waals surface area contributed by atoms with Gasteiger partial charge in [0.25, 0.3) is 0 Å². The second-order valence-corrected chi connectivity index (χ2v) is 9.83. The summed E-state index contributed by atoms with van der Waals surface area (Å²) in [4.78, 5) is 0. The Kier molecular flexibility index (Phi) is 3.45. The number of rotatable bonds is 2. The minimum absolute atomic E-state index is 0.524. The summed E-state index contributed by atoms with van der Waals surface area (Å²) in [6.45, 7) is 7.67. The lowest BCUT2D eigenvalue weighted by atomic mass is 9.66. The summed E-state index contributed by atoms with van der Waals surface area (Å²) in [5, 5.41) is 4.21. The summed E-state index contributed by atoms with van der Waals surface area (Å²) >= 11 is 0. The summed E-state index contributed by atoms with van der Waals surface area (Å²) in [6, 6.07) is 1.60. The second kappa shape index (κ2) is 4.98. The zero-order chi connectivity index (χ0) is 14.7. The normalized spacial score (nSPS) is 51.9. The van der Waals surface area contributed by atoms with Crippen molar-refractivity contribution in [2.24, 2.45) is 28.6 Å². The molecule has 1 nitrogen and oxygen atoms in total. The lowest BCUT2D eigenvalue weighted by Gasteiger charge is -2.47. The predicted molar refractivity (Wildman–Crippen MR) is 89.2 cm³/mol. The minimum atomic E-state index is 0.524. The first-order chi connectivity index (χ1) is 9.99. The van der Waals surface area contributed by atoms with Gasteiger partial charge in [-0.25, -0.2) is 0 Å². The molecule has 0 heterocycles. The van der Waals surface area contributed by atoms with Crippen molar-refractivity contribution in [1.82, 2.24) is 5.32 Å². The van der Waals surface area contributed by atoms with Crippen LogP contribution in [-0.4, -0.2) is 12.1 Å². The molecule has 0 saturated heterocycles. The molecule has 0 aromatic carbocycles. The number of hydrogen-bond donors (Lipinski definition) is 1. The van der Waals surface area contributed by atoms with Crippen molar-refractivity contribution in [3.05, 3.63) is 0 Å². The number of nitrogens with one attached hydrogen (secondary N) is 1. The van der Waals surface area contributed by atoms with E-state index in [4.69, 9.17) is 0 Å². The monoisotopic (exact) mass is 289 g/mol. The largest absolute Gasteiger partial charge is 0.310 e. The van der Waals surface area contributed by atoms with Crippen molar-refractivity contribution < 1.29 is 0 Å². The van der Waals surface area contributed by atoms with Crippen LogP contribution in [0.4, 0.5) is 0 Å². The third-order valence-electron chi connectivity index (χ3n) is 8.21. The Morgan fingerprint density at radius 1 is 0.857 bits per heavy atom. The number of fused-ring (bicyclic) bond motifs is 3. The summed E-state index contributed by atoms with van der Waals surface area (Å²) in [5.41, 5.74) is 1.12. The van der Waals surface area contributed by atoms with Gasteiger partial charge in [0.2, 0.25) is 0 Å². The standard InChI is InChI=1S/C20H35N/c1-19(2)16-10-11-20(3,13-16)18(19)21-17-9-8-14-6-4-5-7-15(14)12-17/h14-18,21H,4-13H2,1-3H3. The van der Waals surface area contributed by atoms with E-state index in [9.17, 15) is 0 Å². The molecular formula is C20H35N. The smallest absolute Gasteiger partial charge is 0.0177 e. The van der Waals surface area contributed by atoms with Gasteiger partial charge >= 0.3 is 0 Å². The van der Waals surface area contributed by atoms with Crippen LogP contribution in [0.5, 0.6) is 0 Å². The van der Waals surface area contributed by atoms with Crippen molar-refractivity contribution in [2.75, 3.05) is 0 Å². The van der Waals surface area contributed by atoms with E-state index in [0.717, 1.165) is 29.8 Å². The van der Waals surface area contributed by atoms with Gasteiger partial charge in [-0.05, 0) is 67.1 Å². The van der Waals surface area contributed by atoms with Gasteiger partial charge in [-0.1, -0.05) is 46.5 Å². The van der Waals surface area contributed by atoms with Crippen molar-refractivity contribution >= 4 is 0 Å². The van der Waals surface area contributed by atoms with Crippen LogP contribution in [-0.2, 0) is 0 Å². The van der Waals surface area contributed by atoms with E-state index in [-0.39, 0.29) is 0 Å². The zero-order valence-corrected chi connectivity index (χ0v) is 14.5. The molecule has 0 amide bonds. The first-order valence-corrected chi connectivity index (χ1v) is 9.75. The maximum atomic E-state index is 4.21. The lowest BCUT2D eigenvalue weighted by Crippen LogP contribution is -2.55. The Morgan fingerprint density at radius 3 is 2.33 bits per heavy atom. The maximum Gasteiger partial charge on any atom is 0.0177 e. The molecule has 21 heavy (non-hydrogen) atoms. The topological polar surface area (TPSA) is 12.0 Å². The van der Waals surface area contributed by atoms with E-state index < -0.39 is 0 Å². The Balaban J connectivity index is 1.44. The fraction of sp³-hybridized carbons (Fsp3) is 1.00. The molecule has 6 atom stereocenters. The van der Waals surface area contributed by atoms with Crippen LogP contribution in [0.2, 0.25) is 0 Å². The molecule has 1 N–H and O–H groups in total. The van der Waals surface area contributed by atoms with Crippen LogP contribution in [0.3, 0.4) is 0 Å². The Labute approximate surface area is 131 Å². The molecule has 4 fully saturated rings. The van der Waals surface area contributed by atoms with E-state index in [2.05, 4.69) is 26.1 Å². The van der Waals surface area contributed by atoms with Gasteiger partial charge in [-0.2, -0.15) is 0 Å². The molecule has 4 aliphatic rings. The molecule has 0 aromatic rings. The van der Waals surface area contributed by atoms with Gasteiger partial charge < -0.3 is 5.32 Å².